The highest BCUT2D eigenvalue weighted by molar-refractivity contribution is 5.64. The fourth-order valence-electron chi connectivity index (χ4n) is 3.63. The lowest BCUT2D eigenvalue weighted by atomic mass is 9.84. The molecule has 1 aromatic carbocycles. The van der Waals surface area contributed by atoms with Crippen LogP contribution in [0.25, 0.3) is 11.3 Å². The molecule has 3 aromatic rings. The molecule has 2 heterocycles. The van der Waals surface area contributed by atoms with Gasteiger partial charge >= 0.3 is 6.18 Å². The Hall–Kier alpha value is -2.89. The van der Waals surface area contributed by atoms with Gasteiger partial charge in [0, 0.05) is 5.56 Å². The van der Waals surface area contributed by atoms with E-state index in [2.05, 4.69) is 46.0 Å². The molecule has 0 unspecified atom stereocenters. The number of nitrogens with zero attached hydrogens (tertiary/aromatic N) is 2. The molecule has 0 saturated heterocycles. The van der Waals surface area contributed by atoms with Gasteiger partial charge in [0.2, 0.25) is 0 Å². The van der Waals surface area contributed by atoms with Gasteiger partial charge in [-0.1, -0.05) is 24.3 Å². The highest BCUT2D eigenvalue weighted by atomic mass is 19.4. The van der Waals surface area contributed by atoms with Crippen molar-refractivity contribution in [3.8, 4) is 11.3 Å². The highest BCUT2D eigenvalue weighted by Crippen LogP contribution is 2.33. The molecule has 0 atom stereocenters. The van der Waals surface area contributed by atoms with E-state index in [0.717, 1.165) is 17.3 Å². The Balaban J connectivity index is 1.42. The van der Waals surface area contributed by atoms with Crippen LogP contribution in [0.3, 0.4) is 0 Å². The molecule has 6 heteroatoms. The van der Waals surface area contributed by atoms with Gasteiger partial charge in [0.1, 0.15) is 5.69 Å². The van der Waals surface area contributed by atoms with Gasteiger partial charge in [0.25, 0.3) is 0 Å². The van der Waals surface area contributed by atoms with Crippen molar-refractivity contribution in [1.82, 2.24) is 9.97 Å². The number of hydrogen-bond acceptors (Lipinski definition) is 3. The van der Waals surface area contributed by atoms with Crippen LogP contribution < -0.4 is 5.32 Å². The maximum Gasteiger partial charge on any atom is 0.433 e. The maximum atomic E-state index is 12.6. The number of anilines is 2. The van der Waals surface area contributed by atoms with Gasteiger partial charge in [0.15, 0.2) is 0 Å². The minimum Gasteiger partial charge on any atom is -0.353 e. The average molecular weight is 396 g/mol. The molecule has 149 valence electrons. The zero-order valence-corrected chi connectivity index (χ0v) is 15.8. The average Bonchev–Trinajstić information content (AvgIpc) is 2.75. The predicted molar refractivity (Wildman–Crippen MR) is 108 cm³/mol. The van der Waals surface area contributed by atoms with Crippen LogP contribution in [-0.4, -0.2) is 9.97 Å². The fourth-order valence-corrected chi connectivity index (χ4v) is 3.63. The first-order valence-electron chi connectivity index (χ1n) is 9.67. The van der Waals surface area contributed by atoms with Crippen LogP contribution in [0.1, 0.15) is 42.9 Å². The van der Waals surface area contributed by atoms with E-state index in [1.165, 1.54) is 43.5 Å². The summed E-state index contributed by atoms with van der Waals surface area (Å²) in [5.41, 5.74) is 3.52. The van der Waals surface area contributed by atoms with E-state index in [1.54, 1.807) is 6.20 Å². The number of rotatable bonds is 4. The largest absolute Gasteiger partial charge is 0.433 e. The standard InChI is InChI=1S/C23H21F3N3/c24-23(25,26)22-13-11-20(15-28-22)29-19-10-12-21(27-14-19)18-8-6-17(7-9-18)16-4-2-1-3-5-16/h1,6-16,29H,2-5H2. The number of halogens is 3. The smallest absolute Gasteiger partial charge is 0.353 e. The van der Waals surface area contributed by atoms with Crippen molar-refractivity contribution in [3.63, 3.8) is 0 Å². The first kappa shape index (κ1) is 19.4. The third-order valence-corrected chi connectivity index (χ3v) is 5.22. The Morgan fingerprint density at radius 2 is 1.45 bits per heavy atom. The van der Waals surface area contributed by atoms with Crippen molar-refractivity contribution >= 4 is 11.4 Å². The Morgan fingerprint density at radius 1 is 0.793 bits per heavy atom. The van der Waals surface area contributed by atoms with E-state index in [9.17, 15) is 13.2 Å². The first-order chi connectivity index (χ1) is 14.0. The molecule has 3 nitrogen and oxygen atoms in total. The lowest BCUT2D eigenvalue weighted by molar-refractivity contribution is -0.141. The van der Waals surface area contributed by atoms with E-state index < -0.39 is 11.9 Å². The Kier molecular flexibility index (Phi) is 5.51. The van der Waals surface area contributed by atoms with E-state index in [1.807, 2.05) is 12.1 Å². The molecule has 2 aromatic heterocycles. The molecule has 1 N–H and O–H groups in total. The molecular weight excluding hydrogens is 375 g/mol. The van der Waals surface area contributed by atoms with Gasteiger partial charge in [-0.05, 0) is 67.9 Å². The van der Waals surface area contributed by atoms with Gasteiger partial charge in [-0.3, -0.25) is 4.98 Å². The lowest BCUT2D eigenvalue weighted by Crippen LogP contribution is -2.07. The zero-order chi connectivity index (χ0) is 20.3. The summed E-state index contributed by atoms with van der Waals surface area (Å²) < 4.78 is 37.8. The molecule has 0 aliphatic heterocycles. The second-order valence-corrected chi connectivity index (χ2v) is 7.25. The van der Waals surface area contributed by atoms with Crippen LogP contribution in [-0.2, 0) is 6.18 Å². The SMILES string of the molecule is FC(F)(F)c1ccc(Nc2ccc(-c3ccc(C4CC[CH]CC4)cc3)nc2)cn1. The minimum absolute atomic E-state index is 0.474. The molecule has 0 spiro atoms. The van der Waals surface area contributed by atoms with Crippen molar-refractivity contribution in [2.75, 3.05) is 5.32 Å². The molecule has 1 radical (unpaired) electrons. The third-order valence-electron chi connectivity index (χ3n) is 5.22. The van der Waals surface area contributed by atoms with E-state index in [0.29, 0.717) is 17.3 Å². The monoisotopic (exact) mass is 396 g/mol. The van der Waals surface area contributed by atoms with E-state index in [4.69, 9.17) is 0 Å². The summed E-state index contributed by atoms with van der Waals surface area (Å²) in [6.07, 6.45) is 5.58. The topological polar surface area (TPSA) is 37.8 Å². The molecule has 1 saturated carbocycles. The first-order valence-corrected chi connectivity index (χ1v) is 9.67. The Morgan fingerprint density at radius 3 is 2.00 bits per heavy atom. The van der Waals surface area contributed by atoms with Crippen LogP contribution >= 0.6 is 0 Å². The van der Waals surface area contributed by atoms with Crippen LogP contribution in [0.15, 0.2) is 60.9 Å². The Bertz CT molecular complexity index is 927. The molecule has 4 rings (SSSR count). The number of hydrogen-bond donors (Lipinski definition) is 1. The lowest BCUT2D eigenvalue weighted by Gasteiger charge is -2.21. The molecule has 1 aliphatic rings. The molecular formula is C23H21F3N3. The van der Waals surface area contributed by atoms with Gasteiger partial charge < -0.3 is 5.32 Å². The van der Waals surface area contributed by atoms with Gasteiger partial charge in [-0.25, -0.2) is 4.98 Å². The molecule has 1 fully saturated rings. The molecule has 0 bridgehead atoms. The third kappa shape index (κ3) is 4.75. The summed E-state index contributed by atoms with van der Waals surface area (Å²) in [5.74, 6) is 0.644. The molecule has 0 amide bonds. The van der Waals surface area contributed by atoms with Crippen molar-refractivity contribution in [1.29, 1.82) is 0 Å². The van der Waals surface area contributed by atoms with Crippen molar-refractivity contribution < 1.29 is 13.2 Å². The zero-order valence-electron chi connectivity index (χ0n) is 15.8. The van der Waals surface area contributed by atoms with E-state index >= 15 is 0 Å². The summed E-state index contributed by atoms with van der Waals surface area (Å²) in [7, 11) is 0. The Labute approximate surface area is 168 Å². The number of aromatic nitrogens is 2. The normalized spacial score (nSPS) is 15.3. The summed E-state index contributed by atoms with van der Waals surface area (Å²) in [6, 6.07) is 14.6. The van der Waals surface area contributed by atoms with E-state index in [-0.39, 0.29) is 0 Å². The van der Waals surface area contributed by atoms with Crippen LogP contribution in [0.2, 0.25) is 0 Å². The fraction of sp³-hybridized carbons (Fsp3) is 0.261. The molecule has 29 heavy (non-hydrogen) atoms. The summed E-state index contributed by atoms with van der Waals surface area (Å²) >= 11 is 0. The highest BCUT2D eigenvalue weighted by Gasteiger charge is 2.32. The number of pyridine rings is 2. The van der Waals surface area contributed by atoms with Gasteiger partial charge in [-0.15, -0.1) is 0 Å². The maximum absolute atomic E-state index is 12.6. The quantitative estimate of drug-likeness (QED) is 0.529. The number of nitrogens with one attached hydrogen (secondary N) is 1. The summed E-state index contributed by atoms with van der Waals surface area (Å²) in [4.78, 5) is 7.92. The summed E-state index contributed by atoms with van der Waals surface area (Å²) in [6.45, 7) is 0. The van der Waals surface area contributed by atoms with Crippen molar-refractivity contribution in [2.45, 2.75) is 37.8 Å². The van der Waals surface area contributed by atoms with Crippen LogP contribution in [0.5, 0.6) is 0 Å². The van der Waals surface area contributed by atoms with Gasteiger partial charge in [-0.2, -0.15) is 13.2 Å². The predicted octanol–water partition coefficient (Wildman–Crippen LogP) is 6.77. The minimum atomic E-state index is -4.44. The van der Waals surface area contributed by atoms with Crippen LogP contribution in [0, 0.1) is 6.42 Å². The number of alkyl halides is 3. The second kappa shape index (κ2) is 8.23. The van der Waals surface area contributed by atoms with Crippen LogP contribution in [0.4, 0.5) is 24.5 Å². The summed E-state index contributed by atoms with van der Waals surface area (Å²) in [5, 5.41) is 3.02. The number of benzene rings is 1. The second-order valence-electron chi connectivity index (χ2n) is 7.25. The van der Waals surface area contributed by atoms with Crippen molar-refractivity contribution in [3.05, 3.63) is 78.6 Å². The van der Waals surface area contributed by atoms with Crippen molar-refractivity contribution in [2.24, 2.45) is 0 Å². The molecule has 1 aliphatic carbocycles. The van der Waals surface area contributed by atoms with Gasteiger partial charge in [0.05, 0.1) is 29.5 Å².